The van der Waals surface area contributed by atoms with E-state index in [0.717, 1.165) is 0 Å². The lowest BCUT2D eigenvalue weighted by atomic mass is 10.1. The maximum absolute atomic E-state index is 11.8. The molecule has 2 aromatic carbocycles. The smallest absolute Gasteiger partial charge is 0.255 e. The fraction of sp³-hybridized carbons (Fsp3) is 0.0667. The van der Waals surface area contributed by atoms with Crippen LogP contribution in [0.15, 0.2) is 12.1 Å². The summed E-state index contributed by atoms with van der Waals surface area (Å²) in [4.78, 5) is 25.7. The van der Waals surface area contributed by atoms with Gasteiger partial charge in [0, 0.05) is 16.3 Å². The van der Waals surface area contributed by atoms with Gasteiger partial charge in [-0.3, -0.25) is 9.59 Å². The maximum Gasteiger partial charge on any atom is 0.255 e. The van der Waals surface area contributed by atoms with Crippen LogP contribution < -0.4 is 16.2 Å². The van der Waals surface area contributed by atoms with Crippen LogP contribution in [-0.2, 0) is 4.79 Å². The molecule has 3 aromatic rings. The molecule has 0 spiro atoms. The molecule has 3 rings (SSSR count). The molecule has 6 nitrogen and oxygen atoms in total. The second-order valence-corrected chi connectivity index (χ2v) is 6.62. The van der Waals surface area contributed by atoms with Gasteiger partial charge in [0.05, 0.1) is 31.2 Å². The van der Waals surface area contributed by atoms with Gasteiger partial charge in [-0.05, 0) is 12.1 Å². The molecule has 0 saturated heterocycles. The predicted octanol–water partition coefficient (Wildman–Crippen LogP) is 3.90. The molecule has 0 saturated carbocycles. The summed E-state index contributed by atoms with van der Waals surface area (Å²) >= 11 is 25.0. The number of carbonyl (C=O) groups is 2. The number of nitrogens with two attached hydrogens (primary N) is 2. The molecule has 0 atom stereocenters. The first kappa shape index (κ1) is 17.9. The highest BCUT2D eigenvalue weighted by Gasteiger charge is 2.24. The third-order valence-electron chi connectivity index (χ3n) is 3.56. The summed E-state index contributed by atoms with van der Waals surface area (Å²) in [5, 5.41) is 1.01. The van der Waals surface area contributed by atoms with E-state index < -0.39 is 11.8 Å². The number of hydrogen-bond acceptors (Lipinski definition) is 3. The molecule has 1 heterocycles. The number of amides is 2. The quantitative estimate of drug-likeness (QED) is 0.556. The molecule has 5 N–H and O–H groups in total. The number of aromatic amines is 1. The zero-order valence-corrected chi connectivity index (χ0v) is 15.3. The second kappa shape index (κ2) is 6.46. The number of ether oxygens (including phenoxy) is 1. The van der Waals surface area contributed by atoms with E-state index in [1.807, 2.05) is 0 Å². The number of aromatic nitrogens is 1. The number of nitrogens with one attached hydrogen (secondary N) is 1. The van der Waals surface area contributed by atoms with Crippen molar-refractivity contribution in [3.8, 4) is 5.75 Å². The van der Waals surface area contributed by atoms with Gasteiger partial charge in [0.25, 0.3) is 11.8 Å². The molecule has 25 heavy (non-hydrogen) atoms. The van der Waals surface area contributed by atoms with Gasteiger partial charge >= 0.3 is 0 Å². The Balaban J connectivity index is 2.41. The van der Waals surface area contributed by atoms with E-state index >= 15 is 0 Å². The van der Waals surface area contributed by atoms with E-state index in [0.29, 0.717) is 21.8 Å². The monoisotopic (exact) mass is 419 g/mol. The Morgan fingerprint density at radius 1 is 0.960 bits per heavy atom. The molecular weight excluding hydrogens is 412 g/mol. The van der Waals surface area contributed by atoms with E-state index in [2.05, 4.69) is 4.98 Å². The minimum absolute atomic E-state index is 0.00191. The van der Waals surface area contributed by atoms with Crippen LogP contribution >= 0.6 is 46.4 Å². The highest BCUT2D eigenvalue weighted by molar-refractivity contribution is 6.54. The summed E-state index contributed by atoms with van der Waals surface area (Å²) in [5.74, 6) is -1.21. The van der Waals surface area contributed by atoms with Crippen molar-refractivity contribution >= 4 is 80.0 Å². The first-order chi connectivity index (χ1) is 11.7. The fourth-order valence-electron chi connectivity index (χ4n) is 2.55. The van der Waals surface area contributed by atoms with Crippen molar-refractivity contribution in [3.05, 3.63) is 37.8 Å². The third-order valence-corrected chi connectivity index (χ3v) is 5.26. The minimum Gasteiger partial charge on any atom is -0.482 e. The second-order valence-electron chi connectivity index (χ2n) is 5.11. The largest absolute Gasteiger partial charge is 0.482 e. The highest BCUT2D eigenvalue weighted by atomic mass is 35.5. The Hall–Kier alpha value is -1.86. The molecule has 0 bridgehead atoms. The summed E-state index contributed by atoms with van der Waals surface area (Å²) in [5.41, 5.74) is 11.3. The van der Waals surface area contributed by atoms with Crippen LogP contribution in [0.1, 0.15) is 10.4 Å². The number of benzene rings is 2. The van der Waals surface area contributed by atoms with Crippen molar-refractivity contribution in [1.82, 2.24) is 4.98 Å². The Bertz CT molecular complexity index is 1060. The molecule has 2 amide bonds. The minimum atomic E-state index is -0.776. The van der Waals surface area contributed by atoms with Gasteiger partial charge in [-0.25, -0.2) is 0 Å². The van der Waals surface area contributed by atoms with Crippen LogP contribution in [0, 0.1) is 0 Å². The number of rotatable bonds is 4. The summed E-state index contributed by atoms with van der Waals surface area (Å²) in [6, 6.07) is 3.19. The summed E-state index contributed by atoms with van der Waals surface area (Å²) < 4.78 is 5.28. The average Bonchev–Trinajstić information content (AvgIpc) is 2.91. The lowest BCUT2D eigenvalue weighted by Gasteiger charge is -2.09. The van der Waals surface area contributed by atoms with E-state index in [1.54, 1.807) is 12.1 Å². The normalized spacial score (nSPS) is 11.2. The Labute approximate surface area is 160 Å². The molecule has 0 unspecified atom stereocenters. The molecule has 0 aliphatic rings. The highest BCUT2D eigenvalue weighted by Crippen LogP contribution is 2.46. The van der Waals surface area contributed by atoms with Crippen molar-refractivity contribution in [2.75, 3.05) is 6.61 Å². The van der Waals surface area contributed by atoms with Gasteiger partial charge in [-0.15, -0.1) is 0 Å². The number of halogens is 4. The van der Waals surface area contributed by atoms with Gasteiger partial charge in [-0.1, -0.05) is 46.4 Å². The molecule has 10 heteroatoms. The third kappa shape index (κ3) is 2.85. The lowest BCUT2D eigenvalue weighted by Crippen LogP contribution is -2.20. The molecule has 0 fully saturated rings. The van der Waals surface area contributed by atoms with Gasteiger partial charge in [0.2, 0.25) is 0 Å². The van der Waals surface area contributed by atoms with Gasteiger partial charge in [0.1, 0.15) is 5.75 Å². The Kier molecular flexibility index (Phi) is 4.64. The zero-order chi connectivity index (χ0) is 18.5. The van der Waals surface area contributed by atoms with Crippen LogP contribution in [0.3, 0.4) is 0 Å². The Morgan fingerprint density at radius 3 is 2.24 bits per heavy atom. The molecule has 0 aliphatic carbocycles. The van der Waals surface area contributed by atoms with Crippen molar-refractivity contribution in [1.29, 1.82) is 0 Å². The number of primary amides is 2. The van der Waals surface area contributed by atoms with Crippen LogP contribution in [-0.4, -0.2) is 23.4 Å². The lowest BCUT2D eigenvalue weighted by molar-refractivity contribution is -0.119. The molecular formula is C15H9Cl4N3O3. The predicted molar refractivity (Wildman–Crippen MR) is 99.1 cm³/mol. The van der Waals surface area contributed by atoms with Crippen molar-refractivity contribution in [2.24, 2.45) is 11.5 Å². The summed E-state index contributed by atoms with van der Waals surface area (Å²) in [7, 11) is 0. The fourth-order valence-corrected chi connectivity index (χ4v) is 3.67. The standard InChI is InChI=1S/C15H9Cl4N3O3/c16-10-5(25-3-6(20)23)2-1-4-7(10)8-11(17)13(19)12(18)9(15(21)24)14(8)22-4/h1-2,22H,3H2,(H2,20,23)(H2,21,24). The topological polar surface area (TPSA) is 111 Å². The van der Waals surface area contributed by atoms with Crippen molar-refractivity contribution in [2.45, 2.75) is 0 Å². The molecule has 0 aliphatic heterocycles. The van der Waals surface area contributed by atoms with Crippen molar-refractivity contribution < 1.29 is 14.3 Å². The molecule has 1 aromatic heterocycles. The number of H-pyrrole nitrogens is 1. The SMILES string of the molecule is NC(=O)COc1ccc2[nH]c3c(C(N)=O)c(Cl)c(Cl)c(Cl)c3c2c1Cl. The van der Waals surface area contributed by atoms with E-state index in [-0.39, 0.29) is 38.0 Å². The van der Waals surface area contributed by atoms with Gasteiger partial charge in [0.15, 0.2) is 6.61 Å². The Morgan fingerprint density at radius 2 is 1.64 bits per heavy atom. The van der Waals surface area contributed by atoms with Crippen LogP contribution in [0.5, 0.6) is 5.75 Å². The average molecular weight is 421 g/mol. The van der Waals surface area contributed by atoms with Crippen LogP contribution in [0.2, 0.25) is 20.1 Å². The summed E-state index contributed by atoms with van der Waals surface area (Å²) in [6.45, 7) is -0.347. The van der Waals surface area contributed by atoms with Crippen LogP contribution in [0.4, 0.5) is 0 Å². The number of hydrogen-bond donors (Lipinski definition) is 3. The maximum atomic E-state index is 11.8. The number of carbonyl (C=O) groups excluding carboxylic acids is 2. The molecule has 130 valence electrons. The van der Waals surface area contributed by atoms with E-state index in [9.17, 15) is 9.59 Å². The molecule has 0 radical (unpaired) electrons. The zero-order valence-electron chi connectivity index (χ0n) is 12.3. The van der Waals surface area contributed by atoms with Crippen molar-refractivity contribution in [3.63, 3.8) is 0 Å². The van der Waals surface area contributed by atoms with Gasteiger partial charge < -0.3 is 21.2 Å². The number of fused-ring (bicyclic) bond motifs is 3. The van der Waals surface area contributed by atoms with E-state index in [4.69, 9.17) is 62.6 Å². The van der Waals surface area contributed by atoms with Gasteiger partial charge in [-0.2, -0.15) is 0 Å². The van der Waals surface area contributed by atoms with E-state index in [1.165, 1.54) is 0 Å². The first-order valence-electron chi connectivity index (χ1n) is 6.75. The summed E-state index contributed by atoms with van der Waals surface area (Å²) in [6.07, 6.45) is 0. The first-order valence-corrected chi connectivity index (χ1v) is 8.26. The van der Waals surface area contributed by atoms with Crippen LogP contribution in [0.25, 0.3) is 21.8 Å².